The van der Waals surface area contributed by atoms with E-state index in [1.54, 1.807) is 35.1 Å². The smallest absolute Gasteiger partial charge is 0.433 e. The van der Waals surface area contributed by atoms with Crippen LogP contribution in [0.4, 0.5) is 10.3 Å². The quantitative estimate of drug-likeness (QED) is 0.254. The van der Waals surface area contributed by atoms with E-state index in [1.807, 2.05) is 23.2 Å². The monoisotopic (exact) mass is 511 g/mol. The Bertz CT molecular complexity index is 1090. The summed E-state index contributed by atoms with van der Waals surface area (Å²) in [5, 5.41) is 5.31. The van der Waals surface area contributed by atoms with E-state index in [9.17, 15) is 0 Å². The first-order valence-corrected chi connectivity index (χ1v) is 11.9. The van der Waals surface area contributed by atoms with Gasteiger partial charge < -0.3 is 24.7 Å². The summed E-state index contributed by atoms with van der Waals surface area (Å²) in [5.41, 5.74) is 0. The first-order chi connectivity index (χ1) is 13.8. The Balaban J connectivity index is 0.00000240. The van der Waals surface area contributed by atoms with Crippen molar-refractivity contribution >= 4 is 55.6 Å². The minimum atomic E-state index is 0. The number of thiazole rings is 4. The van der Waals surface area contributed by atoms with E-state index in [2.05, 4.69) is 29.9 Å². The maximum atomic E-state index is 5.76. The fourth-order valence-corrected chi connectivity index (χ4v) is 4.97. The molecule has 1 radical (unpaired) electrons. The molecule has 4 aromatic heterocycles. The van der Waals surface area contributed by atoms with E-state index in [1.165, 1.54) is 32.4 Å². The molecule has 12 heteroatoms. The molecule has 7 nitrogen and oxygen atoms in total. The average Bonchev–Trinajstić information content (AvgIpc) is 3.48. The summed E-state index contributed by atoms with van der Waals surface area (Å²) in [6, 6.07) is 0. The molecule has 0 N–H and O–H groups in total. The average molecular weight is 512 g/mol. The SMILES string of the molecule is [Cu+2].c1csc(/N=c2\[n-]cc(CCOCCCc3cnc(/N=c4\[n-]ccs4)s3)s2)n1. The standard InChI is InChI=1S/C17H16N6OS4.Cu/c1(2-12-10-20-16(27-12)22-14-18-4-8-25-14)6-24-7-3-13-11-21-17(28-13)23-15-19-5-9-26-15;/h4-5,8-11H,1-3,6-7H2;/q-2;+2. The molecule has 4 aromatic rings. The molecule has 0 saturated heterocycles. The molecule has 0 spiro atoms. The Morgan fingerprint density at radius 3 is 2.66 bits per heavy atom. The molecule has 0 aliphatic heterocycles. The van der Waals surface area contributed by atoms with Crippen LogP contribution in [-0.4, -0.2) is 23.2 Å². The molecule has 0 aliphatic carbocycles. The molecule has 0 bridgehead atoms. The summed E-state index contributed by atoms with van der Waals surface area (Å²) in [5.74, 6) is 0. The Hall–Kier alpha value is -1.40. The Kier molecular flexibility index (Phi) is 8.99. The van der Waals surface area contributed by atoms with E-state index in [4.69, 9.17) is 4.74 Å². The number of hydrogen-bond donors (Lipinski definition) is 0. The summed E-state index contributed by atoms with van der Waals surface area (Å²) in [6.07, 6.45) is 10.0. The van der Waals surface area contributed by atoms with Gasteiger partial charge in [-0.15, -0.1) is 34.0 Å². The fourth-order valence-electron chi connectivity index (χ4n) is 2.26. The second-order valence-corrected chi connectivity index (χ2v) is 9.47. The Morgan fingerprint density at radius 2 is 1.83 bits per heavy atom. The number of hydrogen-bond acceptors (Lipinski definition) is 9. The number of ether oxygens (including phenoxy) is 1. The van der Waals surface area contributed by atoms with Crippen molar-refractivity contribution in [1.29, 1.82) is 0 Å². The van der Waals surface area contributed by atoms with E-state index in [-0.39, 0.29) is 17.1 Å². The van der Waals surface area contributed by atoms with Gasteiger partial charge in [0.1, 0.15) is 10.3 Å². The number of aryl methyl sites for hydroxylation is 1. The van der Waals surface area contributed by atoms with Gasteiger partial charge in [-0.3, -0.25) is 0 Å². The van der Waals surface area contributed by atoms with Crippen molar-refractivity contribution in [2.45, 2.75) is 19.3 Å². The van der Waals surface area contributed by atoms with Gasteiger partial charge >= 0.3 is 17.1 Å². The Labute approximate surface area is 193 Å². The van der Waals surface area contributed by atoms with Gasteiger partial charge in [-0.2, -0.15) is 11.3 Å². The molecule has 4 rings (SSSR count). The van der Waals surface area contributed by atoms with Gasteiger partial charge in [0.2, 0.25) is 0 Å². The van der Waals surface area contributed by atoms with E-state index < -0.39 is 0 Å². The summed E-state index contributed by atoms with van der Waals surface area (Å²) in [6.45, 7) is 1.41. The number of aromatic nitrogens is 4. The molecule has 0 fully saturated rings. The molecule has 29 heavy (non-hydrogen) atoms. The predicted molar refractivity (Wildman–Crippen MR) is 113 cm³/mol. The number of nitrogens with zero attached hydrogens (tertiary/aromatic N) is 6. The molecule has 0 atom stereocenters. The molecule has 4 heterocycles. The summed E-state index contributed by atoms with van der Waals surface area (Å²) < 4.78 is 5.76. The fraction of sp³-hybridized carbons (Fsp3) is 0.294. The minimum Gasteiger partial charge on any atom is -0.433 e. The zero-order valence-corrected chi connectivity index (χ0v) is 19.2. The van der Waals surface area contributed by atoms with Crippen LogP contribution in [0.1, 0.15) is 16.2 Å². The van der Waals surface area contributed by atoms with Crippen LogP contribution in [0.3, 0.4) is 0 Å². The van der Waals surface area contributed by atoms with Gasteiger partial charge in [0.05, 0.1) is 6.61 Å². The molecule has 0 unspecified atom stereocenters. The van der Waals surface area contributed by atoms with Crippen molar-refractivity contribution in [2.75, 3.05) is 13.2 Å². The maximum absolute atomic E-state index is 5.76. The van der Waals surface area contributed by atoms with Crippen molar-refractivity contribution in [2.24, 2.45) is 9.98 Å². The van der Waals surface area contributed by atoms with Crippen molar-refractivity contribution in [3.63, 3.8) is 0 Å². The van der Waals surface area contributed by atoms with Crippen molar-refractivity contribution in [1.82, 2.24) is 19.9 Å². The van der Waals surface area contributed by atoms with Crippen molar-refractivity contribution < 1.29 is 21.8 Å². The summed E-state index contributed by atoms with van der Waals surface area (Å²) in [7, 11) is 0. The van der Waals surface area contributed by atoms with Gasteiger partial charge in [0.25, 0.3) is 0 Å². The molecule has 155 valence electrons. The first kappa shape index (κ1) is 22.3. The van der Waals surface area contributed by atoms with Gasteiger partial charge in [-0.25, -0.2) is 9.97 Å². The molecule has 0 saturated carbocycles. The zero-order chi connectivity index (χ0) is 19.0. The van der Waals surface area contributed by atoms with Crippen molar-refractivity contribution in [3.05, 3.63) is 54.9 Å². The summed E-state index contributed by atoms with van der Waals surface area (Å²) >= 11 is 6.21. The Morgan fingerprint density at radius 1 is 0.897 bits per heavy atom. The second-order valence-electron chi connectivity index (χ2n) is 5.54. The molecule has 0 aliphatic rings. The van der Waals surface area contributed by atoms with Crippen LogP contribution in [-0.2, 0) is 34.6 Å². The van der Waals surface area contributed by atoms with Gasteiger partial charge in [0, 0.05) is 45.4 Å². The largest absolute Gasteiger partial charge is 2.00 e. The second kappa shape index (κ2) is 11.7. The molecule has 0 amide bonds. The summed E-state index contributed by atoms with van der Waals surface area (Å²) in [4.78, 5) is 29.6. The van der Waals surface area contributed by atoms with Crippen LogP contribution in [0.2, 0.25) is 0 Å². The van der Waals surface area contributed by atoms with Crippen LogP contribution in [0.5, 0.6) is 0 Å². The van der Waals surface area contributed by atoms with Gasteiger partial charge in [-0.1, -0.05) is 12.4 Å². The van der Waals surface area contributed by atoms with E-state index in [0.717, 1.165) is 45.7 Å². The number of rotatable bonds is 9. The van der Waals surface area contributed by atoms with E-state index in [0.29, 0.717) is 6.61 Å². The van der Waals surface area contributed by atoms with Crippen LogP contribution < -0.4 is 19.6 Å². The van der Waals surface area contributed by atoms with E-state index >= 15 is 0 Å². The third-order valence-electron chi connectivity index (χ3n) is 3.51. The molecular weight excluding hydrogens is 496 g/mol. The van der Waals surface area contributed by atoms with Crippen molar-refractivity contribution in [3.8, 4) is 0 Å². The molecule has 0 aromatic carbocycles. The predicted octanol–water partition coefficient (Wildman–Crippen LogP) is 3.29. The minimum absolute atomic E-state index is 0. The zero-order valence-electron chi connectivity index (χ0n) is 15.0. The van der Waals surface area contributed by atoms with Crippen LogP contribution in [0.25, 0.3) is 0 Å². The van der Waals surface area contributed by atoms with Gasteiger partial charge in [-0.05, 0) is 23.0 Å². The van der Waals surface area contributed by atoms with Crippen LogP contribution >= 0.6 is 45.3 Å². The van der Waals surface area contributed by atoms with Crippen LogP contribution in [0, 0.1) is 0 Å². The van der Waals surface area contributed by atoms with Gasteiger partial charge in [0.15, 0.2) is 0 Å². The topological polar surface area (TPSA) is 87.9 Å². The third kappa shape index (κ3) is 7.10. The maximum Gasteiger partial charge on any atom is 2.00 e. The third-order valence-corrected chi connectivity index (χ3v) is 6.74. The molecular formula is C17H16CuN6OS4. The normalized spacial score (nSPS) is 12.4. The first-order valence-electron chi connectivity index (χ1n) is 8.55. The van der Waals surface area contributed by atoms with Crippen LogP contribution in [0.15, 0.2) is 45.5 Å².